The zero-order valence-electron chi connectivity index (χ0n) is 20.1. The second kappa shape index (κ2) is 10.5. The summed E-state index contributed by atoms with van der Waals surface area (Å²) < 4.78 is 25.6. The van der Waals surface area contributed by atoms with Gasteiger partial charge in [0.15, 0.2) is 0 Å². The topological polar surface area (TPSA) is 123 Å². The van der Waals surface area contributed by atoms with Crippen LogP contribution in [0.25, 0.3) is 0 Å². The molecule has 11 heteroatoms. The molecule has 4 N–H and O–H groups in total. The second-order valence-electron chi connectivity index (χ2n) is 8.88. The van der Waals surface area contributed by atoms with Crippen LogP contribution in [0.2, 0.25) is 0 Å². The Balaban J connectivity index is 1.21. The first-order valence-electron chi connectivity index (χ1n) is 11.9. The molecule has 3 aromatic carbocycles. The van der Waals surface area contributed by atoms with E-state index in [1.165, 1.54) is 17.0 Å². The van der Waals surface area contributed by atoms with E-state index in [1.807, 2.05) is 0 Å². The first-order chi connectivity index (χ1) is 18.3. The molecule has 196 valence electrons. The highest BCUT2D eigenvalue weighted by Gasteiger charge is 2.55. The van der Waals surface area contributed by atoms with Gasteiger partial charge in [-0.25, -0.2) is 4.39 Å². The zero-order valence-corrected chi connectivity index (χ0v) is 21.7. The van der Waals surface area contributed by atoms with Crippen molar-refractivity contribution in [3.8, 4) is 0 Å². The van der Waals surface area contributed by atoms with Gasteiger partial charge in [-0.2, -0.15) is 0 Å². The van der Waals surface area contributed by atoms with E-state index in [1.54, 1.807) is 42.5 Å². The third-order valence-electron chi connectivity index (χ3n) is 6.30. The molecule has 0 aromatic heterocycles. The predicted octanol–water partition coefficient (Wildman–Crippen LogP) is 3.68. The Morgan fingerprint density at radius 1 is 1.05 bits per heavy atom. The summed E-state index contributed by atoms with van der Waals surface area (Å²) in [6.45, 7) is 0.743. The van der Waals surface area contributed by atoms with E-state index in [0.29, 0.717) is 42.1 Å². The molecule has 1 spiro atoms. The van der Waals surface area contributed by atoms with Crippen molar-refractivity contribution >= 4 is 50.7 Å². The van der Waals surface area contributed by atoms with Crippen LogP contribution in [-0.4, -0.2) is 37.5 Å². The van der Waals surface area contributed by atoms with Gasteiger partial charge in [0.2, 0.25) is 5.91 Å². The number of fused-ring (bicyclic) bond motifs is 2. The lowest BCUT2D eigenvalue weighted by Crippen LogP contribution is -2.49. The van der Waals surface area contributed by atoms with Crippen molar-refractivity contribution in [1.82, 2.24) is 5.32 Å². The van der Waals surface area contributed by atoms with Crippen molar-refractivity contribution in [2.75, 3.05) is 35.7 Å². The molecule has 2 aliphatic rings. The number of amides is 3. The van der Waals surface area contributed by atoms with Gasteiger partial charge in [0.25, 0.3) is 17.6 Å². The molecular formula is C27H24BrFN4O5. The molecule has 0 saturated carbocycles. The average Bonchev–Trinajstić information content (AvgIpc) is 3.11. The van der Waals surface area contributed by atoms with Crippen molar-refractivity contribution in [2.45, 2.75) is 18.8 Å². The Hall–Kier alpha value is -3.80. The van der Waals surface area contributed by atoms with Gasteiger partial charge in [-0.3, -0.25) is 19.3 Å². The number of hydrogen-bond donors (Lipinski definition) is 3. The highest BCUT2D eigenvalue weighted by Crippen LogP contribution is 2.46. The van der Waals surface area contributed by atoms with Crippen LogP contribution in [0.3, 0.4) is 0 Å². The summed E-state index contributed by atoms with van der Waals surface area (Å²) in [4.78, 5) is 40.0. The predicted molar refractivity (Wildman–Crippen MR) is 142 cm³/mol. The molecule has 3 aromatic rings. The normalized spacial score (nSPS) is 15.8. The van der Waals surface area contributed by atoms with Crippen LogP contribution < -0.4 is 21.3 Å². The zero-order chi connectivity index (χ0) is 26.9. The van der Waals surface area contributed by atoms with Gasteiger partial charge in [0, 0.05) is 22.1 Å². The Morgan fingerprint density at radius 3 is 2.50 bits per heavy atom. The second-order valence-corrected chi connectivity index (χ2v) is 9.79. The van der Waals surface area contributed by atoms with E-state index < -0.39 is 23.4 Å². The van der Waals surface area contributed by atoms with E-state index in [9.17, 15) is 18.8 Å². The van der Waals surface area contributed by atoms with Crippen molar-refractivity contribution < 1.29 is 28.2 Å². The fourth-order valence-corrected chi connectivity index (χ4v) is 4.75. The average molecular weight is 583 g/mol. The van der Waals surface area contributed by atoms with Crippen molar-refractivity contribution in [3.05, 3.63) is 87.6 Å². The SMILES string of the molecule is Nc1cc(F)ccc1NC(=O)c1ccc(CNC(=O)CN2C(=O)C3(OCCCO3)c3cc(Br)ccc32)cc1. The smallest absolute Gasteiger partial charge is 0.293 e. The molecule has 0 aliphatic carbocycles. The molecule has 2 aliphatic heterocycles. The Labute approximate surface area is 226 Å². The van der Waals surface area contributed by atoms with Crippen LogP contribution in [0.4, 0.5) is 21.5 Å². The number of nitrogen functional groups attached to an aromatic ring is 1. The minimum absolute atomic E-state index is 0.122. The third kappa shape index (κ3) is 5.00. The van der Waals surface area contributed by atoms with Crippen molar-refractivity contribution in [1.29, 1.82) is 0 Å². The molecule has 5 rings (SSSR count). The first-order valence-corrected chi connectivity index (χ1v) is 12.7. The first kappa shape index (κ1) is 25.8. The fraction of sp³-hybridized carbons (Fsp3) is 0.222. The number of anilines is 3. The number of carbonyl (C=O) groups is 3. The van der Waals surface area contributed by atoms with Gasteiger partial charge in [0.05, 0.1) is 30.3 Å². The van der Waals surface area contributed by atoms with E-state index >= 15 is 0 Å². The van der Waals surface area contributed by atoms with Gasteiger partial charge < -0.3 is 25.8 Å². The van der Waals surface area contributed by atoms with Gasteiger partial charge in [-0.1, -0.05) is 28.1 Å². The summed E-state index contributed by atoms with van der Waals surface area (Å²) in [5, 5.41) is 5.45. The molecular weight excluding hydrogens is 559 g/mol. The fourth-order valence-electron chi connectivity index (χ4n) is 4.39. The molecule has 1 saturated heterocycles. The molecule has 1 fully saturated rings. The van der Waals surface area contributed by atoms with E-state index in [2.05, 4.69) is 26.6 Å². The van der Waals surface area contributed by atoms with Crippen molar-refractivity contribution in [3.63, 3.8) is 0 Å². The highest BCUT2D eigenvalue weighted by atomic mass is 79.9. The number of hydrogen-bond acceptors (Lipinski definition) is 6. The number of benzene rings is 3. The van der Waals surface area contributed by atoms with E-state index in [0.717, 1.165) is 16.1 Å². The molecule has 0 bridgehead atoms. The minimum atomic E-state index is -1.54. The number of rotatable bonds is 6. The van der Waals surface area contributed by atoms with Crippen LogP contribution in [0.5, 0.6) is 0 Å². The van der Waals surface area contributed by atoms with Gasteiger partial charge in [0.1, 0.15) is 12.4 Å². The quantitative estimate of drug-likeness (QED) is 0.381. The summed E-state index contributed by atoms with van der Waals surface area (Å²) in [5.74, 6) is -3.23. The number of ether oxygens (including phenoxy) is 2. The number of nitrogens with zero attached hydrogens (tertiary/aromatic N) is 1. The van der Waals surface area contributed by atoms with Gasteiger partial charge in [-0.15, -0.1) is 0 Å². The Bertz CT molecular complexity index is 1410. The number of nitrogens with two attached hydrogens (primary N) is 1. The number of halogens is 2. The minimum Gasteiger partial charge on any atom is -0.397 e. The Morgan fingerprint density at radius 2 is 1.79 bits per heavy atom. The van der Waals surface area contributed by atoms with Gasteiger partial charge in [-0.05, 0) is 60.5 Å². The van der Waals surface area contributed by atoms with Crippen LogP contribution in [0.15, 0.2) is 65.1 Å². The maximum absolute atomic E-state index is 13.3. The molecule has 9 nitrogen and oxygen atoms in total. The molecule has 0 unspecified atom stereocenters. The van der Waals surface area contributed by atoms with Gasteiger partial charge >= 0.3 is 0 Å². The number of carbonyl (C=O) groups excluding carboxylic acids is 3. The van der Waals surface area contributed by atoms with Crippen LogP contribution in [0, 0.1) is 5.82 Å². The van der Waals surface area contributed by atoms with E-state index in [-0.39, 0.29) is 24.7 Å². The number of nitrogens with one attached hydrogen (secondary N) is 2. The lowest BCUT2D eigenvalue weighted by atomic mass is 10.1. The largest absolute Gasteiger partial charge is 0.397 e. The van der Waals surface area contributed by atoms with E-state index in [4.69, 9.17) is 15.2 Å². The maximum atomic E-state index is 13.3. The monoisotopic (exact) mass is 582 g/mol. The molecule has 38 heavy (non-hydrogen) atoms. The Kier molecular flexibility index (Phi) is 7.15. The maximum Gasteiger partial charge on any atom is 0.293 e. The lowest BCUT2D eigenvalue weighted by molar-refractivity contribution is -0.256. The summed E-state index contributed by atoms with van der Waals surface area (Å²) in [6, 6.07) is 15.7. The standard InChI is InChI=1S/C27H24BrFN4O5/c28-18-6-9-23-20(12-18)27(37-10-1-11-38-27)26(36)33(23)15-24(34)31-14-16-2-4-17(5-3-16)25(35)32-22-8-7-19(29)13-21(22)30/h2-9,12-13H,1,10-11,14-15,30H2,(H,31,34)(H,32,35). The van der Waals surface area contributed by atoms with Crippen LogP contribution in [-0.2, 0) is 31.4 Å². The summed E-state index contributed by atoms with van der Waals surface area (Å²) in [5.41, 5.74) is 8.43. The van der Waals surface area contributed by atoms with Crippen LogP contribution in [0.1, 0.15) is 27.9 Å². The summed E-state index contributed by atoms with van der Waals surface area (Å²) >= 11 is 3.43. The molecule has 3 amide bonds. The summed E-state index contributed by atoms with van der Waals surface area (Å²) in [7, 11) is 0. The molecule has 0 atom stereocenters. The molecule has 0 radical (unpaired) electrons. The third-order valence-corrected chi connectivity index (χ3v) is 6.79. The summed E-state index contributed by atoms with van der Waals surface area (Å²) in [6.07, 6.45) is 0.680. The molecule has 2 heterocycles. The van der Waals surface area contributed by atoms with Crippen LogP contribution >= 0.6 is 15.9 Å². The van der Waals surface area contributed by atoms with Crippen molar-refractivity contribution in [2.24, 2.45) is 0 Å². The lowest BCUT2D eigenvalue weighted by Gasteiger charge is -2.32. The highest BCUT2D eigenvalue weighted by molar-refractivity contribution is 9.10.